The van der Waals surface area contributed by atoms with Crippen molar-refractivity contribution in [2.75, 3.05) is 5.73 Å². The highest BCUT2D eigenvalue weighted by atomic mass is 14.9. The fraction of sp³-hybridized carbons (Fsp3) is 0.750. The van der Waals surface area contributed by atoms with Gasteiger partial charge in [0.05, 0.1) is 17.1 Å². The third-order valence-electron chi connectivity index (χ3n) is 5.79. The number of nitrogens with zero attached hydrogens (tertiary/aromatic N) is 2. The molecule has 0 saturated heterocycles. The maximum atomic E-state index is 6.35. The van der Waals surface area contributed by atoms with Crippen molar-refractivity contribution in [2.24, 2.45) is 17.8 Å². The Hall–Kier alpha value is -1.12. The minimum atomic E-state index is 0.289. The van der Waals surface area contributed by atoms with Crippen LogP contribution in [0.5, 0.6) is 0 Å². The van der Waals surface area contributed by atoms with E-state index in [2.05, 4.69) is 4.98 Å². The lowest BCUT2D eigenvalue weighted by molar-refractivity contribution is -0.00696. The fourth-order valence-electron chi connectivity index (χ4n) is 5.53. The second kappa shape index (κ2) is 3.71. The minimum absolute atomic E-state index is 0.289. The molecule has 0 spiro atoms. The summed E-state index contributed by atoms with van der Waals surface area (Å²) in [4.78, 5) is 9.21. The van der Waals surface area contributed by atoms with Crippen LogP contribution >= 0.6 is 0 Å². The van der Waals surface area contributed by atoms with Crippen LogP contribution in [0.25, 0.3) is 0 Å². The smallest absolute Gasteiger partial charge is 0.125 e. The number of aryl methyl sites for hydroxylation is 2. The standard InChI is InChI=1S/C16H23N3/c1-9-14(17)15(19-10(2)18-9)16-6-11-3-12(7-16)5-13(4-11)8-16/h11-13H,3-8,17H2,1-2H3. The second-order valence-electron chi connectivity index (χ2n) is 7.32. The first-order chi connectivity index (χ1) is 9.06. The number of hydrogen-bond donors (Lipinski definition) is 1. The molecule has 102 valence electrons. The number of hydrogen-bond acceptors (Lipinski definition) is 3. The van der Waals surface area contributed by atoms with Crippen LogP contribution in [0.1, 0.15) is 55.7 Å². The van der Waals surface area contributed by atoms with Crippen LogP contribution in [0.3, 0.4) is 0 Å². The number of aromatic nitrogens is 2. The van der Waals surface area contributed by atoms with Crippen molar-refractivity contribution in [3.8, 4) is 0 Å². The van der Waals surface area contributed by atoms with Crippen LogP contribution in [0.2, 0.25) is 0 Å². The number of nitrogen functional groups attached to an aromatic ring is 1. The van der Waals surface area contributed by atoms with Crippen molar-refractivity contribution in [1.82, 2.24) is 9.97 Å². The van der Waals surface area contributed by atoms with E-state index in [4.69, 9.17) is 10.7 Å². The fourth-order valence-corrected chi connectivity index (χ4v) is 5.53. The van der Waals surface area contributed by atoms with E-state index in [1.807, 2.05) is 13.8 Å². The second-order valence-corrected chi connectivity index (χ2v) is 7.32. The highest BCUT2D eigenvalue weighted by Crippen LogP contribution is 2.61. The van der Waals surface area contributed by atoms with Crippen LogP contribution in [0.4, 0.5) is 5.69 Å². The highest BCUT2D eigenvalue weighted by molar-refractivity contribution is 5.51. The molecule has 0 aromatic carbocycles. The van der Waals surface area contributed by atoms with Gasteiger partial charge in [0.1, 0.15) is 5.82 Å². The van der Waals surface area contributed by atoms with Crippen LogP contribution in [0, 0.1) is 31.6 Å². The molecule has 1 aromatic rings. The summed E-state index contributed by atoms with van der Waals surface area (Å²) in [6.45, 7) is 4.02. The quantitative estimate of drug-likeness (QED) is 0.841. The molecule has 1 aromatic heterocycles. The van der Waals surface area contributed by atoms with Crippen molar-refractivity contribution in [1.29, 1.82) is 0 Å². The first-order valence-electron chi connectivity index (χ1n) is 7.67. The molecule has 3 nitrogen and oxygen atoms in total. The van der Waals surface area contributed by atoms with E-state index in [0.717, 1.165) is 35.0 Å². The van der Waals surface area contributed by atoms with E-state index < -0.39 is 0 Å². The van der Waals surface area contributed by atoms with Crippen LogP contribution in [-0.4, -0.2) is 9.97 Å². The summed E-state index contributed by atoms with van der Waals surface area (Å²) in [5, 5.41) is 0. The molecule has 2 N–H and O–H groups in total. The Bertz CT molecular complexity index is 500. The Morgan fingerprint density at radius 2 is 1.47 bits per heavy atom. The maximum absolute atomic E-state index is 6.35. The summed E-state index contributed by atoms with van der Waals surface area (Å²) >= 11 is 0. The third-order valence-corrected chi connectivity index (χ3v) is 5.79. The third kappa shape index (κ3) is 1.63. The summed E-state index contributed by atoms with van der Waals surface area (Å²) < 4.78 is 0. The van der Waals surface area contributed by atoms with Crippen molar-refractivity contribution in [3.63, 3.8) is 0 Å². The van der Waals surface area contributed by atoms with Crippen molar-refractivity contribution >= 4 is 5.69 Å². The highest BCUT2D eigenvalue weighted by Gasteiger charge is 2.53. The predicted octanol–water partition coefficient (Wildman–Crippen LogP) is 3.14. The van der Waals surface area contributed by atoms with Crippen molar-refractivity contribution < 1.29 is 0 Å². The monoisotopic (exact) mass is 257 g/mol. The average Bonchev–Trinajstić information content (AvgIpc) is 2.32. The van der Waals surface area contributed by atoms with Gasteiger partial charge in [-0.15, -0.1) is 0 Å². The molecular formula is C16H23N3. The zero-order chi connectivity index (χ0) is 13.2. The molecule has 1 heterocycles. The molecule has 0 radical (unpaired) electrons. The topological polar surface area (TPSA) is 51.8 Å². The zero-order valence-corrected chi connectivity index (χ0v) is 11.9. The van der Waals surface area contributed by atoms with E-state index in [1.54, 1.807) is 0 Å². The van der Waals surface area contributed by atoms with Gasteiger partial charge < -0.3 is 5.73 Å². The lowest BCUT2D eigenvalue weighted by atomic mass is 9.48. The summed E-state index contributed by atoms with van der Waals surface area (Å²) in [7, 11) is 0. The van der Waals surface area contributed by atoms with Crippen LogP contribution in [0.15, 0.2) is 0 Å². The minimum Gasteiger partial charge on any atom is -0.396 e. The Labute approximate surface area is 115 Å². The van der Waals surface area contributed by atoms with Crippen molar-refractivity contribution in [2.45, 2.75) is 57.8 Å². The molecule has 4 saturated carbocycles. The van der Waals surface area contributed by atoms with Gasteiger partial charge in [-0.05, 0) is 70.1 Å². The molecule has 0 aliphatic heterocycles. The predicted molar refractivity (Wildman–Crippen MR) is 75.8 cm³/mol. The molecule has 4 aliphatic rings. The Balaban J connectivity index is 1.84. The van der Waals surface area contributed by atoms with Gasteiger partial charge in [-0.3, -0.25) is 0 Å². The lowest BCUT2D eigenvalue weighted by Gasteiger charge is -2.56. The normalized spacial score (nSPS) is 39.8. The average molecular weight is 257 g/mol. The number of nitrogens with two attached hydrogens (primary N) is 1. The largest absolute Gasteiger partial charge is 0.396 e. The molecule has 3 heteroatoms. The molecule has 0 atom stereocenters. The SMILES string of the molecule is Cc1nc(C)c(N)c(C23CC4CC(CC(C4)C2)C3)n1. The molecule has 0 unspecified atom stereocenters. The first-order valence-corrected chi connectivity index (χ1v) is 7.67. The lowest BCUT2D eigenvalue weighted by Crippen LogP contribution is -2.49. The molecule has 4 bridgehead atoms. The summed E-state index contributed by atoms with van der Waals surface area (Å²) in [6, 6.07) is 0. The summed E-state index contributed by atoms with van der Waals surface area (Å²) in [5.74, 6) is 3.68. The van der Waals surface area contributed by atoms with Crippen molar-refractivity contribution in [3.05, 3.63) is 17.2 Å². The van der Waals surface area contributed by atoms with E-state index in [1.165, 1.54) is 44.2 Å². The van der Waals surface area contributed by atoms with Crippen LogP contribution in [-0.2, 0) is 5.41 Å². The molecule has 4 aliphatic carbocycles. The number of anilines is 1. The van der Waals surface area contributed by atoms with Gasteiger partial charge in [-0.2, -0.15) is 0 Å². The van der Waals surface area contributed by atoms with Gasteiger partial charge in [0.15, 0.2) is 0 Å². The Kier molecular flexibility index (Phi) is 2.28. The van der Waals surface area contributed by atoms with Gasteiger partial charge in [0.25, 0.3) is 0 Å². The van der Waals surface area contributed by atoms with Crippen LogP contribution < -0.4 is 5.73 Å². The van der Waals surface area contributed by atoms with E-state index >= 15 is 0 Å². The van der Waals surface area contributed by atoms with Gasteiger partial charge >= 0.3 is 0 Å². The zero-order valence-electron chi connectivity index (χ0n) is 11.9. The van der Waals surface area contributed by atoms with E-state index in [0.29, 0.717) is 0 Å². The van der Waals surface area contributed by atoms with Gasteiger partial charge in [0.2, 0.25) is 0 Å². The summed E-state index contributed by atoms with van der Waals surface area (Å²) in [6.07, 6.45) is 8.34. The number of rotatable bonds is 1. The molecule has 0 amide bonds. The molecule has 19 heavy (non-hydrogen) atoms. The summed E-state index contributed by atoms with van der Waals surface area (Å²) in [5.41, 5.74) is 9.67. The maximum Gasteiger partial charge on any atom is 0.125 e. The van der Waals surface area contributed by atoms with E-state index in [-0.39, 0.29) is 5.41 Å². The van der Waals surface area contributed by atoms with E-state index in [9.17, 15) is 0 Å². The van der Waals surface area contributed by atoms with Gasteiger partial charge in [-0.25, -0.2) is 9.97 Å². The first kappa shape index (κ1) is 11.7. The van der Waals surface area contributed by atoms with Gasteiger partial charge in [0, 0.05) is 5.41 Å². The molecule has 5 rings (SSSR count). The van der Waals surface area contributed by atoms with Gasteiger partial charge in [-0.1, -0.05) is 0 Å². The Morgan fingerprint density at radius 3 is 2.00 bits per heavy atom. The molecular weight excluding hydrogens is 234 g/mol. The molecule has 4 fully saturated rings. The Morgan fingerprint density at radius 1 is 0.947 bits per heavy atom.